The van der Waals surface area contributed by atoms with Crippen LogP contribution in [0.15, 0.2) is 52.3 Å². The average Bonchev–Trinajstić information content (AvgIpc) is 2.86. The molecule has 1 heterocycles. The van der Waals surface area contributed by atoms with Crippen LogP contribution in [0.5, 0.6) is 5.75 Å². The third kappa shape index (κ3) is 9.83. The molecule has 0 atom stereocenters. The maximum atomic E-state index is 13.8. The minimum absolute atomic E-state index is 0.0685. The SMILES string of the molecule is CF.CSc1ccc(SN2CCC(NC(=O)C(C)(C)CCCOc3ccc(Cl)cc3F)CC2)cc1. The number of carbonyl (C=O) groups is 1. The van der Waals surface area contributed by atoms with E-state index in [4.69, 9.17) is 16.3 Å². The van der Waals surface area contributed by atoms with E-state index in [1.807, 2.05) is 13.8 Å². The van der Waals surface area contributed by atoms with Crippen molar-refractivity contribution in [2.75, 3.05) is 33.1 Å². The van der Waals surface area contributed by atoms with E-state index in [1.54, 1.807) is 29.8 Å². The van der Waals surface area contributed by atoms with Crippen molar-refractivity contribution in [1.82, 2.24) is 9.62 Å². The number of piperidine rings is 1. The Bertz CT molecular complexity index is 924. The molecule has 0 spiro atoms. The van der Waals surface area contributed by atoms with Crippen LogP contribution in [-0.2, 0) is 4.79 Å². The second-order valence-electron chi connectivity index (χ2n) is 8.85. The van der Waals surface area contributed by atoms with Gasteiger partial charge in [-0.3, -0.25) is 9.18 Å². The molecule has 9 heteroatoms. The molecule has 0 radical (unpaired) electrons. The highest BCUT2D eigenvalue weighted by molar-refractivity contribution is 7.98. The molecule has 1 aliphatic heterocycles. The third-order valence-corrected chi connectivity index (χ3v) is 7.88. The Balaban J connectivity index is 0.00000210. The summed E-state index contributed by atoms with van der Waals surface area (Å²) >= 11 is 9.30. The lowest BCUT2D eigenvalue weighted by Crippen LogP contribution is -2.47. The minimum Gasteiger partial charge on any atom is -0.491 e. The molecule has 1 N–H and O–H groups in total. The number of hydrogen-bond acceptors (Lipinski definition) is 5. The predicted octanol–water partition coefficient (Wildman–Crippen LogP) is 7.26. The Kier molecular flexibility index (Phi) is 12.7. The number of rotatable bonds is 10. The van der Waals surface area contributed by atoms with E-state index < -0.39 is 11.2 Å². The molecule has 194 valence electrons. The molecular formula is C26H35ClF2N2O2S2. The van der Waals surface area contributed by atoms with Gasteiger partial charge in [-0.05, 0) is 86.4 Å². The number of ether oxygens (including phenoxy) is 1. The van der Waals surface area contributed by atoms with E-state index in [2.05, 4.69) is 40.1 Å². The highest BCUT2D eigenvalue weighted by atomic mass is 35.5. The van der Waals surface area contributed by atoms with Crippen molar-refractivity contribution in [3.63, 3.8) is 0 Å². The van der Waals surface area contributed by atoms with Gasteiger partial charge in [0.15, 0.2) is 11.6 Å². The molecule has 1 amide bonds. The van der Waals surface area contributed by atoms with Crippen LogP contribution >= 0.6 is 35.3 Å². The van der Waals surface area contributed by atoms with Crippen LogP contribution in [-0.4, -0.2) is 49.4 Å². The molecule has 0 bridgehead atoms. The zero-order valence-corrected chi connectivity index (χ0v) is 23.2. The average molecular weight is 545 g/mol. The van der Waals surface area contributed by atoms with E-state index in [-0.39, 0.29) is 17.7 Å². The standard InChI is InChI=1S/C25H32ClFN2O2S2.CH3F/c1-25(2,13-4-16-31-23-10-5-18(26)17-22(23)27)24(30)28-19-11-14-29(15-12-19)33-21-8-6-20(32-3)7-9-21;1-2/h5-10,17,19H,4,11-16H2,1-3H3,(H,28,30);1H3. The monoisotopic (exact) mass is 544 g/mol. The molecular weight excluding hydrogens is 510 g/mol. The highest BCUT2D eigenvalue weighted by Gasteiger charge is 2.30. The number of halogens is 3. The van der Waals surface area contributed by atoms with Gasteiger partial charge in [-0.15, -0.1) is 11.8 Å². The summed E-state index contributed by atoms with van der Waals surface area (Å²) in [6.07, 6.45) is 5.29. The van der Waals surface area contributed by atoms with Gasteiger partial charge in [-0.25, -0.2) is 8.70 Å². The fourth-order valence-electron chi connectivity index (χ4n) is 3.66. The molecule has 2 aromatic carbocycles. The molecule has 3 rings (SSSR count). The minimum atomic E-state index is -0.507. The van der Waals surface area contributed by atoms with Gasteiger partial charge in [0.25, 0.3) is 0 Å². The van der Waals surface area contributed by atoms with E-state index in [1.165, 1.54) is 21.9 Å². The zero-order valence-electron chi connectivity index (χ0n) is 20.8. The summed E-state index contributed by atoms with van der Waals surface area (Å²) in [5, 5.41) is 3.58. The fourth-order valence-corrected chi connectivity index (χ4v) is 5.18. The second kappa shape index (κ2) is 14.9. The Labute approximate surface area is 221 Å². The van der Waals surface area contributed by atoms with E-state index in [9.17, 15) is 13.6 Å². The van der Waals surface area contributed by atoms with Crippen molar-refractivity contribution in [3.05, 3.63) is 53.3 Å². The van der Waals surface area contributed by atoms with E-state index in [0.29, 0.717) is 31.6 Å². The van der Waals surface area contributed by atoms with Crippen LogP contribution in [0.4, 0.5) is 8.78 Å². The summed E-state index contributed by atoms with van der Waals surface area (Å²) in [4.78, 5) is 15.4. The molecule has 35 heavy (non-hydrogen) atoms. The van der Waals surface area contributed by atoms with Crippen molar-refractivity contribution in [3.8, 4) is 5.75 Å². The Morgan fingerprint density at radius 1 is 1.14 bits per heavy atom. The van der Waals surface area contributed by atoms with E-state index in [0.717, 1.165) is 25.9 Å². The topological polar surface area (TPSA) is 41.6 Å². The number of amides is 1. The molecule has 1 fully saturated rings. The Hall–Kier alpha value is -1.48. The summed E-state index contributed by atoms with van der Waals surface area (Å²) in [5.74, 6) is -0.216. The molecule has 1 aliphatic rings. The smallest absolute Gasteiger partial charge is 0.225 e. The molecule has 0 unspecified atom stereocenters. The molecule has 0 saturated carbocycles. The lowest BCUT2D eigenvalue weighted by atomic mass is 9.86. The van der Waals surface area contributed by atoms with Crippen LogP contribution in [0, 0.1) is 11.2 Å². The second-order valence-corrected chi connectivity index (χ2v) is 11.3. The molecule has 1 saturated heterocycles. The lowest BCUT2D eigenvalue weighted by Gasteiger charge is -2.33. The summed E-state index contributed by atoms with van der Waals surface area (Å²) in [6, 6.07) is 13.2. The first-order valence-corrected chi connectivity index (χ1v) is 14.0. The van der Waals surface area contributed by atoms with Gasteiger partial charge in [0.05, 0.1) is 13.8 Å². The fraction of sp³-hybridized carbons (Fsp3) is 0.500. The Morgan fingerprint density at radius 2 is 1.77 bits per heavy atom. The van der Waals surface area contributed by atoms with Crippen LogP contribution in [0.1, 0.15) is 39.5 Å². The van der Waals surface area contributed by atoms with Gasteiger partial charge < -0.3 is 10.1 Å². The molecule has 4 nitrogen and oxygen atoms in total. The largest absolute Gasteiger partial charge is 0.491 e. The van der Waals surface area contributed by atoms with Crippen molar-refractivity contribution in [2.24, 2.45) is 5.41 Å². The maximum Gasteiger partial charge on any atom is 0.225 e. The number of thioether (sulfide) groups is 1. The first-order chi connectivity index (χ1) is 16.8. The number of benzene rings is 2. The van der Waals surface area contributed by atoms with Gasteiger partial charge in [0, 0.05) is 39.4 Å². The van der Waals surface area contributed by atoms with Gasteiger partial charge in [0.1, 0.15) is 0 Å². The van der Waals surface area contributed by atoms with Crippen LogP contribution < -0.4 is 10.1 Å². The summed E-state index contributed by atoms with van der Waals surface area (Å²) < 4.78 is 31.2. The third-order valence-electron chi connectivity index (χ3n) is 5.80. The molecule has 2 aromatic rings. The number of carbonyl (C=O) groups excluding carboxylic acids is 1. The zero-order chi connectivity index (χ0) is 25.8. The maximum absolute atomic E-state index is 13.8. The van der Waals surface area contributed by atoms with Crippen LogP contribution in [0.25, 0.3) is 0 Å². The van der Waals surface area contributed by atoms with E-state index >= 15 is 0 Å². The highest BCUT2D eigenvalue weighted by Crippen LogP contribution is 2.29. The number of hydrogen-bond donors (Lipinski definition) is 1. The number of nitrogens with zero attached hydrogens (tertiary/aromatic N) is 1. The van der Waals surface area contributed by atoms with Crippen molar-refractivity contribution in [1.29, 1.82) is 0 Å². The van der Waals surface area contributed by atoms with Crippen molar-refractivity contribution >= 4 is 41.2 Å². The first-order valence-electron chi connectivity index (χ1n) is 11.6. The normalized spacial score (nSPS) is 14.7. The van der Waals surface area contributed by atoms with Gasteiger partial charge in [-0.2, -0.15) is 0 Å². The summed E-state index contributed by atoms with van der Waals surface area (Å²) in [7, 11) is 0.500. The van der Waals surface area contributed by atoms with Crippen LogP contribution in [0.2, 0.25) is 5.02 Å². The van der Waals surface area contributed by atoms with Gasteiger partial charge in [0.2, 0.25) is 5.91 Å². The van der Waals surface area contributed by atoms with Gasteiger partial charge >= 0.3 is 0 Å². The summed E-state index contributed by atoms with van der Waals surface area (Å²) in [5.41, 5.74) is -0.507. The molecule has 0 aromatic heterocycles. The van der Waals surface area contributed by atoms with Gasteiger partial charge in [-0.1, -0.05) is 25.4 Å². The lowest BCUT2D eigenvalue weighted by molar-refractivity contribution is -0.130. The van der Waals surface area contributed by atoms with Crippen molar-refractivity contribution in [2.45, 2.75) is 55.4 Å². The number of alkyl halides is 1. The quantitative estimate of drug-likeness (QED) is 0.194. The van der Waals surface area contributed by atoms with Crippen LogP contribution in [0.3, 0.4) is 0 Å². The Morgan fingerprint density at radius 3 is 2.37 bits per heavy atom. The van der Waals surface area contributed by atoms with Crippen molar-refractivity contribution < 1.29 is 18.3 Å². The number of nitrogens with one attached hydrogen (secondary N) is 1. The first kappa shape index (κ1) is 29.7. The predicted molar refractivity (Wildman–Crippen MR) is 144 cm³/mol. The molecule has 0 aliphatic carbocycles. The summed E-state index contributed by atoms with van der Waals surface area (Å²) in [6.45, 7) is 6.15.